The Morgan fingerprint density at radius 2 is 2.11 bits per heavy atom. The number of halogens is 1. The van der Waals surface area contributed by atoms with Gasteiger partial charge in [-0.1, -0.05) is 6.07 Å². The predicted octanol–water partition coefficient (Wildman–Crippen LogP) is 2.68. The fraction of sp³-hybridized carbons (Fsp3) is 0.154. The minimum absolute atomic E-state index is 0.0698. The van der Waals surface area contributed by atoms with Gasteiger partial charge in [0.1, 0.15) is 0 Å². The van der Waals surface area contributed by atoms with E-state index in [0.717, 1.165) is 28.9 Å². The topological polar surface area (TPSA) is 54.9 Å². The van der Waals surface area contributed by atoms with Crippen molar-refractivity contribution in [1.29, 1.82) is 0 Å². The lowest BCUT2D eigenvalue weighted by Crippen LogP contribution is -2.18. The molecule has 0 fully saturated rings. The minimum Gasteiger partial charge on any atom is -0.326 e. The van der Waals surface area contributed by atoms with E-state index >= 15 is 0 Å². The Kier molecular flexibility index (Phi) is 2.72. The van der Waals surface area contributed by atoms with E-state index in [1.807, 2.05) is 24.3 Å². The van der Waals surface area contributed by atoms with Gasteiger partial charge >= 0.3 is 0 Å². The Hall–Kier alpha value is -1.94. The van der Waals surface area contributed by atoms with Crippen molar-refractivity contribution in [1.82, 2.24) is 9.97 Å². The standard InChI is InChI=1S/C13H10ClN3O/c14-13-15-6-5-11(17-13)8-1-3-10-9(7-8)2-4-12(18)16-10/h1,3,5-7H,2,4H2,(H,16,18). The van der Waals surface area contributed by atoms with E-state index in [9.17, 15) is 4.79 Å². The third kappa shape index (κ3) is 2.07. The highest BCUT2D eigenvalue weighted by Gasteiger charge is 2.15. The number of rotatable bonds is 1. The number of benzene rings is 1. The number of aromatic nitrogens is 2. The molecular formula is C13H10ClN3O. The molecule has 1 aliphatic rings. The number of nitrogens with one attached hydrogen (secondary N) is 1. The average molecular weight is 260 g/mol. The normalized spacial score (nSPS) is 13.9. The van der Waals surface area contributed by atoms with Crippen molar-refractivity contribution in [2.45, 2.75) is 12.8 Å². The number of hydrogen-bond donors (Lipinski definition) is 1. The van der Waals surface area contributed by atoms with Crippen LogP contribution in [0.15, 0.2) is 30.5 Å². The van der Waals surface area contributed by atoms with Crippen LogP contribution < -0.4 is 5.32 Å². The van der Waals surface area contributed by atoms with Crippen molar-refractivity contribution in [3.8, 4) is 11.3 Å². The third-order valence-corrected chi connectivity index (χ3v) is 3.10. The highest BCUT2D eigenvalue weighted by atomic mass is 35.5. The molecule has 4 nitrogen and oxygen atoms in total. The van der Waals surface area contributed by atoms with Crippen molar-refractivity contribution >= 4 is 23.2 Å². The van der Waals surface area contributed by atoms with Crippen LogP contribution in [0.1, 0.15) is 12.0 Å². The molecule has 0 unspecified atom stereocenters. The zero-order valence-corrected chi connectivity index (χ0v) is 10.2. The van der Waals surface area contributed by atoms with Crippen molar-refractivity contribution in [3.05, 3.63) is 41.3 Å². The van der Waals surface area contributed by atoms with Crippen molar-refractivity contribution in [3.63, 3.8) is 0 Å². The lowest BCUT2D eigenvalue weighted by molar-refractivity contribution is -0.116. The summed E-state index contributed by atoms with van der Waals surface area (Å²) in [5, 5.41) is 3.09. The van der Waals surface area contributed by atoms with Gasteiger partial charge in [-0.25, -0.2) is 9.97 Å². The van der Waals surface area contributed by atoms with Gasteiger partial charge in [0.2, 0.25) is 11.2 Å². The molecular weight excluding hydrogens is 250 g/mol. The van der Waals surface area contributed by atoms with E-state index in [1.54, 1.807) is 6.20 Å². The second-order valence-electron chi connectivity index (χ2n) is 4.13. The molecule has 2 heterocycles. The van der Waals surface area contributed by atoms with Gasteiger partial charge in [0.25, 0.3) is 0 Å². The first-order chi connectivity index (χ1) is 8.72. The van der Waals surface area contributed by atoms with E-state index < -0.39 is 0 Å². The molecule has 0 saturated carbocycles. The van der Waals surface area contributed by atoms with Gasteiger partial charge in [0.15, 0.2) is 0 Å². The zero-order chi connectivity index (χ0) is 12.5. The second kappa shape index (κ2) is 4.38. The molecule has 1 aromatic carbocycles. The molecule has 18 heavy (non-hydrogen) atoms. The SMILES string of the molecule is O=C1CCc2cc(-c3ccnc(Cl)n3)ccc2N1. The number of carbonyl (C=O) groups excluding carboxylic acids is 1. The van der Waals surface area contributed by atoms with Crippen molar-refractivity contribution in [2.24, 2.45) is 0 Å². The molecule has 0 atom stereocenters. The van der Waals surface area contributed by atoms with E-state index in [1.165, 1.54) is 0 Å². The molecule has 0 saturated heterocycles. The first-order valence-electron chi connectivity index (χ1n) is 5.64. The summed E-state index contributed by atoms with van der Waals surface area (Å²) in [5.41, 5.74) is 3.78. The number of nitrogens with zero attached hydrogens (tertiary/aromatic N) is 2. The van der Waals surface area contributed by atoms with E-state index in [2.05, 4.69) is 15.3 Å². The van der Waals surface area contributed by atoms with Gasteiger partial charge in [0.05, 0.1) is 5.69 Å². The Bertz CT molecular complexity index is 627. The summed E-state index contributed by atoms with van der Waals surface area (Å²) in [6.45, 7) is 0. The van der Waals surface area contributed by atoms with Gasteiger partial charge < -0.3 is 5.32 Å². The quantitative estimate of drug-likeness (QED) is 0.801. The summed E-state index contributed by atoms with van der Waals surface area (Å²) in [5.74, 6) is 0.0698. The van der Waals surface area contributed by atoms with Crippen LogP contribution in [0.2, 0.25) is 5.28 Å². The molecule has 0 bridgehead atoms. The van der Waals surface area contributed by atoms with E-state index in [0.29, 0.717) is 6.42 Å². The predicted molar refractivity (Wildman–Crippen MR) is 69.4 cm³/mol. The number of aryl methyl sites for hydroxylation is 1. The smallest absolute Gasteiger partial charge is 0.224 e. The molecule has 3 rings (SSSR count). The van der Waals surface area contributed by atoms with Crippen LogP contribution >= 0.6 is 11.6 Å². The summed E-state index contributed by atoms with van der Waals surface area (Å²) >= 11 is 5.78. The van der Waals surface area contributed by atoms with Crippen LogP contribution in [0.25, 0.3) is 11.3 Å². The van der Waals surface area contributed by atoms with Crippen LogP contribution in [0.4, 0.5) is 5.69 Å². The highest BCUT2D eigenvalue weighted by molar-refractivity contribution is 6.28. The maximum atomic E-state index is 11.3. The second-order valence-corrected chi connectivity index (χ2v) is 4.47. The molecule has 0 spiro atoms. The van der Waals surface area contributed by atoms with E-state index in [-0.39, 0.29) is 11.2 Å². The van der Waals surface area contributed by atoms with E-state index in [4.69, 9.17) is 11.6 Å². The monoisotopic (exact) mass is 259 g/mol. The first kappa shape index (κ1) is 11.2. The number of fused-ring (bicyclic) bond motifs is 1. The van der Waals surface area contributed by atoms with Gasteiger partial charge in [-0.05, 0) is 41.8 Å². The van der Waals surface area contributed by atoms with Crippen LogP contribution in [0.5, 0.6) is 0 Å². The molecule has 1 N–H and O–H groups in total. The van der Waals surface area contributed by atoms with Crippen LogP contribution in [0, 0.1) is 0 Å². The number of amides is 1. The van der Waals surface area contributed by atoms with Crippen LogP contribution in [-0.2, 0) is 11.2 Å². The molecule has 90 valence electrons. The highest BCUT2D eigenvalue weighted by Crippen LogP contribution is 2.27. The van der Waals surface area contributed by atoms with Crippen LogP contribution in [0.3, 0.4) is 0 Å². The lowest BCUT2D eigenvalue weighted by Gasteiger charge is -2.17. The zero-order valence-electron chi connectivity index (χ0n) is 9.48. The maximum Gasteiger partial charge on any atom is 0.224 e. The van der Waals surface area contributed by atoms with Crippen molar-refractivity contribution < 1.29 is 4.79 Å². The lowest BCUT2D eigenvalue weighted by atomic mass is 9.99. The summed E-state index contributed by atoms with van der Waals surface area (Å²) in [4.78, 5) is 19.3. The molecule has 1 amide bonds. The summed E-state index contributed by atoms with van der Waals surface area (Å²) in [7, 11) is 0. The Labute approximate surface area is 109 Å². The Morgan fingerprint density at radius 3 is 2.94 bits per heavy atom. The van der Waals surface area contributed by atoms with Gasteiger partial charge in [-0.2, -0.15) is 0 Å². The Balaban J connectivity index is 2.02. The summed E-state index contributed by atoms with van der Waals surface area (Å²) in [6.07, 6.45) is 2.92. The molecule has 0 radical (unpaired) electrons. The van der Waals surface area contributed by atoms with Gasteiger partial charge in [0, 0.05) is 23.9 Å². The van der Waals surface area contributed by atoms with Gasteiger partial charge in [-0.3, -0.25) is 4.79 Å². The molecule has 1 aliphatic heterocycles. The Morgan fingerprint density at radius 1 is 1.22 bits per heavy atom. The molecule has 1 aromatic heterocycles. The molecule has 0 aliphatic carbocycles. The largest absolute Gasteiger partial charge is 0.326 e. The van der Waals surface area contributed by atoms with Crippen molar-refractivity contribution in [2.75, 3.05) is 5.32 Å². The molecule has 5 heteroatoms. The number of carbonyl (C=O) groups is 1. The first-order valence-corrected chi connectivity index (χ1v) is 6.02. The fourth-order valence-electron chi connectivity index (χ4n) is 2.04. The van der Waals surface area contributed by atoms with Gasteiger partial charge in [-0.15, -0.1) is 0 Å². The third-order valence-electron chi connectivity index (χ3n) is 2.92. The summed E-state index contributed by atoms with van der Waals surface area (Å²) < 4.78 is 0. The maximum absolute atomic E-state index is 11.3. The molecule has 2 aromatic rings. The fourth-order valence-corrected chi connectivity index (χ4v) is 2.19. The average Bonchev–Trinajstić information content (AvgIpc) is 2.38. The van der Waals surface area contributed by atoms with Crippen LogP contribution in [-0.4, -0.2) is 15.9 Å². The number of hydrogen-bond acceptors (Lipinski definition) is 3. The minimum atomic E-state index is 0.0698. The summed E-state index contributed by atoms with van der Waals surface area (Å²) in [6, 6.07) is 7.67. The number of anilines is 1.